The molecule has 0 atom stereocenters. The zero-order valence-electron chi connectivity index (χ0n) is 34.5. The highest BCUT2D eigenvalue weighted by Crippen LogP contribution is 2.63. The number of nitrogens with zero attached hydrogens (tertiary/aromatic N) is 2. The van der Waals surface area contributed by atoms with Crippen LogP contribution in [0.15, 0.2) is 243 Å². The molecule has 63 heavy (non-hydrogen) atoms. The molecule has 2 aliphatic carbocycles. The summed E-state index contributed by atoms with van der Waals surface area (Å²) >= 11 is 0. The Morgan fingerprint density at radius 2 is 0.825 bits per heavy atom. The smallest absolute Gasteiger partial charge is 0.0726 e. The molecule has 2 nitrogen and oxygen atoms in total. The molecule has 294 valence electrons. The molecule has 0 saturated carbocycles. The Morgan fingerprint density at radius 1 is 0.333 bits per heavy atom. The molecule has 10 aromatic carbocycles. The number of aromatic nitrogens is 1. The second-order valence-electron chi connectivity index (χ2n) is 16.8. The first-order valence-corrected chi connectivity index (χ1v) is 21.9. The number of hydrogen-bond acceptors (Lipinski definition) is 1. The summed E-state index contributed by atoms with van der Waals surface area (Å²) in [6, 6.07) is 89.6. The Labute approximate surface area is 367 Å². The average Bonchev–Trinajstić information content (AvgIpc) is 3.97. The Hall–Kier alpha value is -8.20. The van der Waals surface area contributed by atoms with Crippen LogP contribution in [0.25, 0.3) is 72.0 Å². The summed E-state index contributed by atoms with van der Waals surface area (Å²) in [7, 11) is 0. The lowest BCUT2D eigenvalue weighted by Gasteiger charge is -2.33. The van der Waals surface area contributed by atoms with Gasteiger partial charge in [-0.2, -0.15) is 0 Å². The van der Waals surface area contributed by atoms with E-state index < -0.39 is 5.41 Å². The number of anilines is 3. The van der Waals surface area contributed by atoms with Crippen LogP contribution in [0.3, 0.4) is 0 Å². The van der Waals surface area contributed by atoms with Crippen LogP contribution in [0, 0.1) is 0 Å². The molecule has 2 heteroatoms. The lowest BCUT2D eigenvalue weighted by molar-refractivity contribution is 0.793. The molecule has 0 unspecified atom stereocenters. The predicted octanol–water partition coefficient (Wildman–Crippen LogP) is 15.9. The molecule has 13 rings (SSSR count). The van der Waals surface area contributed by atoms with Crippen molar-refractivity contribution in [3.8, 4) is 50.2 Å². The molecule has 0 amide bonds. The standard InChI is InChI=1S/C61H40N2/c1-4-18-41(19-5-1)42-32-34-45(35-33-42)62(57-38-39-58-60(59(57)43-20-6-2-7-21-43)51-27-13-17-31-56(51)63(58)44-22-8-3-9-23-44)46-36-37-50-49-26-12-16-30-54(49)61(55(50)40-46)52-28-14-10-24-47(52)48-25-11-15-29-53(48)61/h1-40H. The van der Waals surface area contributed by atoms with Gasteiger partial charge in [-0.05, 0) is 116 Å². The summed E-state index contributed by atoms with van der Waals surface area (Å²) in [4.78, 5) is 2.51. The van der Waals surface area contributed by atoms with Gasteiger partial charge in [0.2, 0.25) is 0 Å². The maximum absolute atomic E-state index is 2.51. The lowest BCUT2D eigenvalue weighted by atomic mass is 9.70. The van der Waals surface area contributed by atoms with Crippen LogP contribution in [0.5, 0.6) is 0 Å². The maximum atomic E-state index is 2.51. The Balaban J connectivity index is 1.12. The zero-order chi connectivity index (χ0) is 41.5. The molecule has 11 aromatic rings. The van der Waals surface area contributed by atoms with Crippen LogP contribution in [0.4, 0.5) is 17.1 Å². The molecule has 0 fully saturated rings. The molecule has 0 bridgehead atoms. The van der Waals surface area contributed by atoms with Gasteiger partial charge in [-0.25, -0.2) is 0 Å². The molecule has 2 aliphatic rings. The minimum Gasteiger partial charge on any atom is -0.310 e. The lowest BCUT2D eigenvalue weighted by Crippen LogP contribution is -2.26. The van der Waals surface area contributed by atoms with Gasteiger partial charge >= 0.3 is 0 Å². The molecule has 0 saturated heterocycles. The molecule has 0 radical (unpaired) electrons. The van der Waals surface area contributed by atoms with Crippen LogP contribution >= 0.6 is 0 Å². The van der Waals surface area contributed by atoms with E-state index in [1.165, 1.54) is 88.6 Å². The SMILES string of the molecule is c1ccc(-c2ccc(N(c3ccc4c(c3)C3(c5ccccc5-c5ccccc53)c3ccccc3-4)c3ccc4c(c3-c3ccccc3)c3ccccc3n4-c3ccccc3)cc2)cc1. The van der Waals surface area contributed by atoms with E-state index in [4.69, 9.17) is 0 Å². The normalized spacial score (nSPS) is 12.9. The molecule has 1 aromatic heterocycles. The van der Waals surface area contributed by atoms with E-state index in [1.54, 1.807) is 0 Å². The van der Waals surface area contributed by atoms with E-state index in [2.05, 4.69) is 252 Å². The average molecular weight is 801 g/mol. The van der Waals surface area contributed by atoms with Crippen molar-refractivity contribution >= 4 is 38.9 Å². The first-order valence-electron chi connectivity index (χ1n) is 21.9. The van der Waals surface area contributed by atoms with Crippen LogP contribution in [0.2, 0.25) is 0 Å². The molecular formula is C61H40N2. The fraction of sp³-hybridized carbons (Fsp3) is 0.0164. The van der Waals surface area contributed by atoms with Gasteiger partial charge in [0.1, 0.15) is 0 Å². The van der Waals surface area contributed by atoms with Crippen molar-refractivity contribution in [2.75, 3.05) is 4.90 Å². The summed E-state index contributed by atoms with van der Waals surface area (Å²) in [6.45, 7) is 0. The number of para-hydroxylation sites is 2. The topological polar surface area (TPSA) is 8.17 Å². The number of fused-ring (bicyclic) bond motifs is 13. The first kappa shape index (κ1) is 35.5. The van der Waals surface area contributed by atoms with Crippen LogP contribution in [0.1, 0.15) is 22.3 Å². The van der Waals surface area contributed by atoms with E-state index in [1.807, 2.05) is 0 Å². The highest BCUT2D eigenvalue weighted by atomic mass is 15.1. The van der Waals surface area contributed by atoms with Crippen molar-refractivity contribution in [3.63, 3.8) is 0 Å². The maximum Gasteiger partial charge on any atom is 0.0726 e. The van der Waals surface area contributed by atoms with Gasteiger partial charge in [0.15, 0.2) is 0 Å². The minimum atomic E-state index is -0.465. The van der Waals surface area contributed by atoms with Crippen LogP contribution in [-0.2, 0) is 5.41 Å². The zero-order valence-corrected chi connectivity index (χ0v) is 34.5. The summed E-state index contributed by atoms with van der Waals surface area (Å²) < 4.78 is 2.42. The van der Waals surface area contributed by atoms with Gasteiger partial charge in [-0.3, -0.25) is 0 Å². The molecule has 0 aliphatic heterocycles. The molecule has 1 spiro atoms. The highest BCUT2D eigenvalue weighted by Gasteiger charge is 2.51. The Morgan fingerprint density at radius 3 is 1.46 bits per heavy atom. The fourth-order valence-corrected chi connectivity index (χ4v) is 11.1. The molecule has 0 N–H and O–H groups in total. The molecular weight excluding hydrogens is 761 g/mol. The quantitative estimate of drug-likeness (QED) is 0.163. The third-order valence-corrected chi connectivity index (χ3v) is 13.6. The first-order chi connectivity index (χ1) is 31.3. The highest BCUT2D eigenvalue weighted by molar-refractivity contribution is 6.19. The Kier molecular flexibility index (Phi) is 7.85. The largest absolute Gasteiger partial charge is 0.310 e. The van der Waals surface area contributed by atoms with E-state index >= 15 is 0 Å². The number of hydrogen-bond donors (Lipinski definition) is 0. The fourth-order valence-electron chi connectivity index (χ4n) is 11.1. The summed E-state index contributed by atoms with van der Waals surface area (Å²) in [5, 5.41) is 2.45. The number of rotatable bonds is 6. The summed E-state index contributed by atoms with van der Waals surface area (Å²) in [5.74, 6) is 0. The summed E-state index contributed by atoms with van der Waals surface area (Å²) in [6.07, 6.45) is 0. The minimum absolute atomic E-state index is 0.465. The van der Waals surface area contributed by atoms with E-state index in [0.717, 1.165) is 22.7 Å². The van der Waals surface area contributed by atoms with Crippen LogP contribution < -0.4 is 4.90 Å². The van der Waals surface area contributed by atoms with E-state index in [-0.39, 0.29) is 0 Å². The number of benzene rings is 10. The van der Waals surface area contributed by atoms with Crippen molar-refractivity contribution < 1.29 is 0 Å². The van der Waals surface area contributed by atoms with Gasteiger partial charge in [0.25, 0.3) is 0 Å². The van der Waals surface area contributed by atoms with Crippen molar-refractivity contribution in [1.82, 2.24) is 4.57 Å². The van der Waals surface area contributed by atoms with E-state index in [9.17, 15) is 0 Å². The van der Waals surface area contributed by atoms with Crippen molar-refractivity contribution in [2.24, 2.45) is 0 Å². The van der Waals surface area contributed by atoms with Gasteiger partial charge in [-0.1, -0.05) is 188 Å². The third-order valence-electron chi connectivity index (χ3n) is 13.6. The van der Waals surface area contributed by atoms with Gasteiger partial charge < -0.3 is 9.47 Å². The van der Waals surface area contributed by atoms with Gasteiger partial charge in [-0.15, -0.1) is 0 Å². The van der Waals surface area contributed by atoms with Crippen LogP contribution in [-0.4, -0.2) is 4.57 Å². The molecule has 1 heterocycles. The van der Waals surface area contributed by atoms with Crippen molar-refractivity contribution in [2.45, 2.75) is 5.41 Å². The predicted molar refractivity (Wildman–Crippen MR) is 263 cm³/mol. The van der Waals surface area contributed by atoms with Gasteiger partial charge in [0.05, 0.1) is 22.1 Å². The Bertz CT molecular complexity index is 3480. The third kappa shape index (κ3) is 5.13. The summed E-state index contributed by atoms with van der Waals surface area (Å²) in [5.41, 5.74) is 21.6. The van der Waals surface area contributed by atoms with Gasteiger partial charge in [0, 0.05) is 33.4 Å². The second kappa shape index (κ2) is 13.9. The second-order valence-corrected chi connectivity index (χ2v) is 16.8. The van der Waals surface area contributed by atoms with Crippen molar-refractivity contribution in [3.05, 3.63) is 265 Å². The monoisotopic (exact) mass is 800 g/mol. The van der Waals surface area contributed by atoms with Crippen molar-refractivity contribution in [1.29, 1.82) is 0 Å². The van der Waals surface area contributed by atoms with E-state index in [0.29, 0.717) is 0 Å².